The van der Waals surface area contributed by atoms with E-state index in [4.69, 9.17) is 0 Å². The fourth-order valence-electron chi connectivity index (χ4n) is 2.71. The molecule has 2 aliphatic heterocycles. The Balaban J connectivity index is 1.61. The summed E-state index contributed by atoms with van der Waals surface area (Å²) in [6, 6.07) is 1.08. The molecule has 6 nitrogen and oxygen atoms in total. The van der Waals surface area contributed by atoms with E-state index in [1.807, 2.05) is 0 Å². The molecule has 0 amide bonds. The van der Waals surface area contributed by atoms with E-state index in [0.717, 1.165) is 13.1 Å². The van der Waals surface area contributed by atoms with Crippen molar-refractivity contribution in [2.75, 3.05) is 13.1 Å². The van der Waals surface area contributed by atoms with Crippen molar-refractivity contribution in [1.82, 2.24) is 32.3 Å². The Kier molecular flexibility index (Phi) is 7.71. The lowest BCUT2D eigenvalue weighted by molar-refractivity contribution is 0.284. The van der Waals surface area contributed by atoms with Crippen LogP contribution in [-0.2, 0) is 0 Å². The molecule has 7 heteroatoms. The van der Waals surface area contributed by atoms with Crippen LogP contribution < -0.4 is 32.3 Å². The number of nitrogens with one attached hydrogen (secondary N) is 6. The zero-order valence-electron chi connectivity index (χ0n) is 13.5. The van der Waals surface area contributed by atoms with Crippen molar-refractivity contribution in [2.45, 2.75) is 56.7 Å². The number of piperidine rings is 1. The first-order valence-electron chi connectivity index (χ1n) is 8.21. The average Bonchev–Trinajstić information content (AvgIpc) is 2.59. The minimum absolute atomic E-state index is 0.173. The van der Waals surface area contributed by atoms with E-state index in [1.165, 1.54) is 25.0 Å². The Labute approximate surface area is 139 Å². The molecule has 1 saturated heterocycles. The fraction of sp³-hybridized carbons (Fsp3) is 0.733. The van der Waals surface area contributed by atoms with Gasteiger partial charge in [0.1, 0.15) is 5.50 Å². The molecule has 22 heavy (non-hydrogen) atoms. The van der Waals surface area contributed by atoms with Crippen molar-refractivity contribution in [3.63, 3.8) is 0 Å². The van der Waals surface area contributed by atoms with Crippen LogP contribution in [0.4, 0.5) is 0 Å². The smallest absolute Gasteiger partial charge is 0.128 e. The summed E-state index contributed by atoms with van der Waals surface area (Å²) in [6.07, 6.45) is 10.1. The molecule has 2 heterocycles. The van der Waals surface area contributed by atoms with Crippen molar-refractivity contribution in [2.24, 2.45) is 0 Å². The molecule has 0 spiro atoms. The van der Waals surface area contributed by atoms with Crippen LogP contribution >= 0.6 is 12.6 Å². The molecule has 0 saturated carbocycles. The summed E-state index contributed by atoms with van der Waals surface area (Å²) in [5, 5.41) is 6.89. The molecule has 0 aromatic heterocycles. The van der Waals surface area contributed by atoms with Crippen molar-refractivity contribution in [3.05, 3.63) is 23.9 Å². The van der Waals surface area contributed by atoms with Crippen LogP contribution in [0, 0.1) is 0 Å². The first-order valence-corrected chi connectivity index (χ1v) is 8.72. The van der Waals surface area contributed by atoms with Gasteiger partial charge in [0.25, 0.3) is 0 Å². The van der Waals surface area contributed by atoms with Crippen molar-refractivity contribution >= 4 is 12.6 Å². The Hall–Kier alpha value is -0.570. The first-order chi connectivity index (χ1) is 10.7. The number of allylic oxidation sites excluding steroid dienone is 2. The number of rotatable bonds is 8. The highest BCUT2D eigenvalue weighted by Gasteiger charge is 2.19. The molecule has 2 aliphatic rings. The SMILES string of the molecule is CC(NNC(S)NNC(C)C1CCCCN1)C1=CC=CCN1. The molecular formula is C15H30N6S. The van der Waals surface area contributed by atoms with Crippen LogP contribution in [-0.4, -0.2) is 36.7 Å². The molecule has 0 bridgehead atoms. The van der Waals surface area contributed by atoms with Gasteiger partial charge in [-0.25, -0.2) is 16.3 Å². The van der Waals surface area contributed by atoms with Gasteiger partial charge < -0.3 is 10.6 Å². The molecular weight excluding hydrogens is 296 g/mol. The lowest BCUT2D eigenvalue weighted by Crippen LogP contribution is -2.59. The van der Waals surface area contributed by atoms with Crippen LogP contribution in [0.15, 0.2) is 23.9 Å². The van der Waals surface area contributed by atoms with Crippen LogP contribution in [0.1, 0.15) is 33.1 Å². The van der Waals surface area contributed by atoms with E-state index < -0.39 is 0 Å². The standard InChI is InChI=1S/C15H30N6S/c1-11(13-7-3-5-9-16-13)18-20-15(22)21-19-12(2)14-8-4-6-10-17-14/h3,5,7,11-12,14-22H,4,6,8-10H2,1-2H3. The highest BCUT2D eigenvalue weighted by Crippen LogP contribution is 2.09. The molecule has 0 aromatic rings. The van der Waals surface area contributed by atoms with Gasteiger partial charge in [-0.2, -0.15) is 0 Å². The van der Waals surface area contributed by atoms with Gasteiger partial charge in [0, 0.05) is 24.3 Å². The molecule has 0 aromatic carbocycles. The van der Waals surface area contributed by atoms with Gasteiger partial charge in [-0.3, -0.25) is 5.43 Å². The fourth-order valence-corrected chi connectivity index (χ4v) is 2.86. The van der Waals surface area contributed by atoms with Gasteiger partial charge in [0.05, 0.1) is 6.04 Å². The number of hydrogen-bond acceptors (Lipinski definition) is 7. The Morgan fingerprint density at radius 2 is 2.00 bits per heavy atom. The third-order valence-electron chi connectivity index (χ3n) is 4.14. The van der Waals surface area contributed by atoms with Gasteiger partial charge in [-0.05, 0) is 39.3 Å². The second kappa shape index (κ2) is 9.54. The zero-order valence-corrected chi connectivity index (χ0v) is 14.4. The van der Waals surface area contributed by atoms with Gasteiger partial charge in [0.15, 0.2) is 0 Å². The van der Waals surface area contributed by atoms with E-state index in [-0.39, 0.29) is 11.5 Å². The predicted octanol–water partition coefficient (Wildman–Crippen LogP) is 0.351. The quantitative estimate of drug-likeness (QED) is 0.198. The number of hydrazine groups is 2. The maximum absolute atomic E-state index is 4.49. The van der Waals surface area contributed by atoms with Crippen LogP contribution in [0.5, 0.6) is 0 Å². The van der Waals surface area contributed by atoms with Crippen LogP contribution in [0.2, 0.25) is 0 Å². The van der Waals surface area contributed by atoms with Gasteiger partial charge >= 0.3 is 0 Å². The third-order valence-corrected chi connectivity index (χ3v) is 4.40. The summed E-state index contributed by atoms with van der Waals surface area (Å²) in [4.78, 5) is 0. The summed E-state index contributed by atoms with van der Waals surface area (Å²) in [5.74, 6) is 0. The molecule has 2 rings (SSSR count). The monoisotopic (exact) mass is 326 g/mol. The first kappa shape index (κ1) is 17.8. The maximum atomic E-state index is 4.49. The summed E-state index contributed by atoms with van der Waals surface area (Å²) >= 11 is 4.49. The van der Waals surface area contributed by atoms with E-state index in [9.17, 15) is 0 Å². The minimum atomic E-state index is -0.173. The summed E-state index contributed by atoms with van der Waals surface area (Å²) < 4.78 is 0. The number of dihydropyridines is 1. The van der Waals surface area contributed by atoms with Gasteiger partial charge in [-0.1, -0.05) is 18.6 Å². The average molecular weight is 327 g/mol. The Morgan fingerprint density at radius 3 is 2.68 bits per heavy atom. The summed E-state index contributed by atoms with van der Waals surface area (Å²) in [5.41, 5.74) is 13.9. The van der Waals surface area contributed by atoms with E-state index in [2.05, 4.69) is 77.0 Å². The Bertz CT molecular complexity index is 380. The van der Waals surface area contributed by atoms with Crippen molar-refractivity contribution in [3.8, 4) is 0 Å². The Morgan fingerprint density at radius 1 is 1.18 bits per heavy atom. The van der Waals surface area contributed by atoms with Crippen LogP contribution in [0.25, 0.3) is 0 Å². The zero-order chi connectivity index (χ0) is 15.8. The van der Waals surface area contributed by atoms with E-state index in [1.54, 1.807) is 0 Å². The molecule has 0 radical (unpaired) electrons. The second-order valence-electron chi connectivity index (χ2n) is 5.98. The predicted molar refractivity (Wildman–Crippen MR) is 95.1 cm³/mol. The van der Waals surface area contributed by atoms with Gasteiger partial charge in [0.2, 0.25) is 0 Å². The van der Waals surface area contributed by atoms with E-state index >= 15 is 0 Å². The minimum Gasteiger partial charge on any atom is -0.384 e. The molecule has 0 aliphatic carbocycles. The second-order valence-corrected chi connectivity index (χ2v) is 6.49. The maximum Gasteiger partial charge on any atom is 0.128 e. The molecule has 4 unspecified atom stereocenters. The molecule has 1 fully saturated rings. The third kappa shape index (κ3) is 5.91. The lowest BCUT2D eigenvalue weighted by Gasteiger charge is -2.31. The normalized spacial score (nSPS) is 26.0. The largest absolute Gasteiger partial charge is 0.384 e. The summed E-state index contributed by atoms with van der Waals surface area (Å²) in [6.45, 7) is 6.30. The lowest BCUT2D eigenvalue weighted by atomic mass is 10.00. The number of thiol groups is 1. The van der Waals surface area contributed by atoms with Crippen molar-refractivity contribution < 1.29 is 0 Å². The highest BCUT2D eigenvalue weighted by atomic mass is 32.1. The van der Waals surface area contributed by atoms with Gasteiger partial charge in [-0.15, -0.1) is 12.6 Å². The molecule has 4 atom stereocenters. The summed E-state index contributed by atoms with van der Waals surface area (Å²) in [7, 11) is 0. The van der Waals surface area contributed by atoms with Crippen molar-refractivity contribution in [1.29, 1.82) is 0 Å². The topological polar surface area (TPSA) is 72.2 Å². The molecule has 126 valence electrons. The van der Waals surface area contributed by atoms with E-state index in [0.29, 0.717) is 12.1 Å². The molecule has 6 N–H and O–H groups in total. The number of hydrogen-bond donors (Lipinski definition) is 7. The van der Waals surface area contributed by atoms with Crippen LogP contribution in [0.3, 0.4) is 0 Å². The highest BCUT2D eigenvalue weighted by molar-refractivity contribution is 7.80.